The summed E-state index contributed by atoms with van der Waals surface area (Å²) in [4.78, 5) is 15.6. The van der Waals surface area contributed by atoms with Crippen molar-refractivity contribution in [2.24, 2.45) is 0 Å². The first kappa shape index (κ1) is 12.6. The molecule has 0 spiro atoms. The van der Waals surface area contributed by atoms with Gasteiger partial charge in [-0.2, -0.15) is 5.10 Å². The van der Waals surface area contributed by atoms with Crippen molar-refractivity contribution in [2.45, 2.75) is 19.9 Å². The van der Waals surface area contributed by atoms with Crippen LogP contribution in [0.3, 0.4) is 0 Å². The summed E-state index contributed by atoms with van der Waals surface area (Å²) in [6.07, 6.45) is 3.38. The van der Waals surface area contributed by atoms with Crippen LogP contribution in [-0.2, 0) is 11.3 Å². The van der Waals surface area contributed by atoms with Gasteiger partial charge >= 0.3 is 0 Å². The van der Waals surface area contributed by atoms with Gasteiger partial charge in [-0.05, 0) is 30.7 Å². The molecule has 1 heterocycles. The molecule has 1 aromatic heterocycles. The number of carbonyl (C=O) groups excluding carboxylic acids is 1. The minimum Gasteiger partial charge on any atom is -0.326 e. The molecule has 0 aliphatic heterocycles. The van der Waals surface area contributed by atoms with Gasteiger partial charge in [-0.3, -0.25) is 9.48 Å². The van der Waals surface area contributed by atoms with E-state index in [9.17, 15) is 4.79 Å². The normalized spacial score (nSPS) is 10.3. The van der Waals surface area contributed by atoms with Gasteiger partial charge in [0.05, 0.1) is 6.54 Å². The minimum atomic E-state index is -0.0593. The summed E-state index contributed by atoms with van der Waals surface area (Å²) in [5.74, 6) is -0.0593. The molecule has 0 atom stereocenters. The molecule has 18 heavy (non-hydrogen) atoms. The van der Waals surface area contributed by atoms with Crippen molar-refractivity contribution in [3.63, 3.8) is 0 Å². The van der Waals surface area contributed by atoms with Gasteiger partial charge in [0.25, 0.3) is 0 Å². The van der Waals surface area contributed by atoms with Gasteiger partial charge in [-0.1, -0.05) is 11.6 Å². The monoisotopic (exact) mass is 264 g/mol. The largest absolute Gasteiger partial charge is 0.326 e. The maximum atomic E-state index is 11.7. The van der Waals surface area contributed by atoms with Crippen LogP contribution >= 0.6 is 11.6 Å². The van der Waals surface area contributed by atoms with Gasteiger partial charge in [0.2, 0.25) is 5.91 Å². The highest BCUT2D eigenvalue weighted by Crippen LogP contribution is 2.19. The average Bonchev–Trinajstić information content (AvgIpc) is 2.83. The fourth-order valence-electron chi connectivity index (χ4n) is 1.54. The number of hydrogen-bond donors (Lipinski definition) is 1. The van der Waals surface area contributed by atoms with E-state index in [1.165, 1.54) is 6.33 Å². The first-order chi connectivity index (χ1) is 8.65. The average molecular weight is 265 g/mol. The fraction of sp³-hybridized carbons (Fsp3) is 0.250. The van der Waals surface area contributed by atoms with E-state index >= 15 is 0 Å². The topological polar surface area (TPSA) is 59.8 Å². The van der Waals surface area contributed by atoms with Crippen LogP contribution in [0.2, 0.25) is 5.02 Å². The number of halogens is 1. The van der Waals surface area contributed by atoms with E-state index in [1.54, 1.807) is 23.1 Å². The lowest BCUT2D eigenvalue weighted by Crippen LogP contribution is -2.15. The number of aryl methyl sites for hydroxylation is 2. The Kier molecular flexibility index (Phi) is 3.94. The highest BCUT2D eigenvalue weighted by Gasteiger charge is 2.05. The number of rotatable bonds is 4. The lowest BCUT2D eigenvalue weighted by atomic mass is 10.2. The number of benzene rings is 1. The SMILES string of the molecule is Cc1cc(Cl)ccc1NC(=O)CCn1cncn1. The third kappa shape index (κ3) is 3.30. The van der Waals surface area contributed by atoms with E-state index < -0.39 is 0 Å². The molecule has 5 nitrogen and oxygen atoms in total. The van der Waals surface area contributed by atoms with Gasteiger partial charge in [-0.15, -0.1) is 0 Å². The lowest BCUT2D eigenvalue weighted by Gasteiger charge is -2.08. The van der Waals surface area contributed by atoms with Crippen molar-refractivity contribution < 1.29 is 4.79 Å². The Morgan fingerprint density at radius 3 is 3.00 bits per heavy atom. The Morgan fingerprint density at radius 2 is 2.33 bits per heavy atom. The number of carbonyl (C=O) groups is 1. The van der Waals surface area contributed by atoms with E-state index in [0.717, 1.165) is 11.3 Å². The van der Waals surface area contributed by atoms with Crippen LogP contribution in [0.25, 0.3) is 0 Å². The Bertz CT molecular complexity index is 539. The molecule has 1 amide bonds. The lowest BCUT2D eigenvalue weighted by molar-refractivity contribution is -0.116. The van der Waals surface area contributed by atoms with E-state index in [2.05, 4.69) is 15.4 Å². The summed E-state index contributed by atoms with van der Waals surface area (Å²) in [6, 6.07) is 5.36. The molecule has 0 saturated carbocycles. The Balaban J connectivity index is 1.91. The third-order valence-electron chi connectivity index (χ3n) is 2.50. The highest BCUT2D eigenvalue weighted by atomic mass is 35.5. The Labute approximate surface area is 110 Å². The minimum absolute atomic E-state index is 0.0593. The maximum absolute atomic E-state index is 11.7. The van der Waals surface area contributed by atoms with Crippen molar-refractivity contribution in [2.75, 3.05) is 5.32 Å². The first-order valence-corrected chi connectivity index (χ1v) is 5.91. The van der Waals surface area contributed by atoms with Gasteiger partial charge < -0.3 is 5.32 Å². The molecule has 0 aliphatic rings. The molecule has 1 N–H and O–H groups in total. The van der Waals surface area contributed by atoms with Crippen molar-refractivity contribution in [1.82, 2.24) is 14.8 Å². The number of hydrogen-bond acceptors (Lipinski definition) is 3. The van der Waals surface area contributed by atoms with Crippen LogP contribution in [0, 0.1) is 6.92 Å². The summed E-state index contributed by atoms with van der Waals surface area (Å²) in [5, 5.41) is 7.43. The molecule has 0 radical (unpaired) electrons. The van der Waals surface area contributed by atoms with Crippen LogP contribution < -0.4 is 5.32 Å². The molecule has 2 rings (SSSR count). The Morgan fingerprint density at radius 1 is 1.50 bits per heavy atom. The maximum Gasteiger partial charge on any atom is 0.226 e. The third-order valence-corrected chi connectivity index (χ3v) is 2.73. The quantitative estimate of drug-likeness (QED) is 0.922. The van der Waals surface area contributed by atoms with Crippen LogP contribution in [0.15, 0.2) is 30.9 Å². The number of nitrogens with one attached hydrogen (secondary N) is 1. The molecule has 2 aromatic rings. The van der Waals surface area contributed by atoms with Crippen molar-refractivity contribution in [1.29, 1.82) is 0 Å². The predicted octanol–water partition coefficient (Wildman–Crippen LogP) is 2.27. The molecular formula is C12H13ClN4O. The zero-order chi connectivity index (χ0) is 13.0. The van der Waals surface area contributed by atoms with E-state index in [1.807, 2.05) is 13.0 Å². The number of amides is 1. The molecule has 94 valence electrons. The van der Waals surface area contributed by atoms with Crippen LogP contribution in [0.1, 0.15) is 12.0 Å². The summed E-state index contributed by atoms with van der Waals surface area (Å²) >= 11 is 5.85. The van der Waals surface area contributed by atoms with Crippen LogP contribution in [0.4, 0.5) is 5.69 Å². The predicted molar refractivity (Wildman–Crippen MR) is 69.5 cm³/mol. The zero-order valence-corrected chi connectivity index (χ0v) is 10.7. The summed E-state index contributed by atoms with van der Waals surface area (Å²) in [7, 11) is 0. The number of aromatic nitrogens is 3. The van der Waals surface area contributed by atoms with Gasteiger partial charge in [0.15, 0.2) is 0 Å². The molecular weight excluding hydrogens is 252 g/mol. The second kappa shape index (κ2) is 5.64. The molecule has 0 fully saturated rings. The molecule has 0 saturated heterocycles. The van der Waals surface area contributed by atoms with Gasteiger partial charge in [-0.25, -0.2) is 4.98 Å². The summed E-state index contributed by atoms with van der Waals surface area (Å²) in [6.45, 7) is 2.41. The second-order valence-corrected chi connectivity index (χ2v) is 4.35. The molecule has 0 unspecified atom stereocenters. The van der Waals surface area contributed by atoms with E-state index in [-0.39, 0.29) is 5.91 Å². The van der Waals surface area contributed by atoms with E-state index in [4.69, 9.17) is 11.6 Å². The zero-order valence-electron chi connectivity index (χ0n) is 9.93. The van der Waals surface area contributed by atoms with Crippen LogP contribution in [0.5, 0.6) is 0 Å². The standard InChI is InChI=1S/C12H13ClN4O/c1-9-6-10(13)2-3-11(9)16-12(18)4-5-17-8-14-7-15-17/h2-3,6-8H,4-5H2,1H3,(H,16,18). The fourth-order valence-corrected chi connectivity index (χ4v) is 1.77. The van der Waals surface area contributed by atoms with E-state index in [0.29, 0.717) is 18.0 Å². The molecule has 6 heteroatoms. The number of nitrogens with zero attached hydrogens (tertiary/aromatic N) is 3. The summed E-state index contributed by atoms with van der Waals surface area (Å²) in [5.41, 5.74) is 1.72. The van der Waals surface area contributed by atoms with Crippen molar-refractivity contribution in [3.05, 3.63) is 41.4 Å². The van der Waals surface area contributed by atoms with Gasteiger partial charge in [0, 0.05) is 17.1 Å². The Hall–Kier alpha value is -1.88. The molecule has 1 aromatic carbocycles. The van der Waals surface area contributed by atoms with Crippen molar-refractivity contribution in [3.8, 4) is 0 Å². The smallest absolute Gasteiger partial charge is 0.226 e. The van der Waals surface area contributed by atoms with Gasteiger partial charge in [0.1, 0.15) is 12.7 Å². The molecule has 0 bridgehead atoms. The van der Waals surface area contributed by atoms with Crippen LogP contribution in [-0.4, -0.2) is 20.7 Å². The molecule has 0 aliphatic carbocycles. The second-order valence-electron chi connectivity index (χ2n) is 3.92. The first-order valence-electron chi connectivity index (χ1n) is 5.53. The summed E-state index contributed by atoms with van der Waals surface area (Å²) < 4.78 is 1.62. The highest BCUT2D eigenvalue weighted by molar-refractivity contribution is 6.30. The van der Waals surface area contributed by atoms with Crippen molar-refractivity contribution >= 4 is 23.2 Å². The number of anilines is 1.